The lowest BCUT2D eigenvalue weighted by Crippen LogP contribution is -1.90. The van der Waals surface area contributed by atoms with Crippen molar-refractivity contribution in [2.24, 2.45) is 0 Å². The van der Waals surface area contributed by atoms with E-state index in [1.54, 1.807) is 7.05 Å². The van der Waals surface area contributed by atoms with Crippen LogP contribution in [-0.4, -0.2) is 7.05 Å². The van der Waals surface area contributed by atoms with Gasteiger partial charge in [-0.2, -0.15) is 0 Å². The number of nitrogens with one attached hydrogen (secondary N) is 1. The summed E-state index contributed by atoms with van der Waals surface area (Å²) in [5, 5.41) is 11.4. The first kappa shape index (κ1) is 4.16. The minimum atomic E-state index is 1.41. The van der Waals surface area contributed by atoms with E-state index in [0.717, 1.165) is 0 Å². The van der Waals surface area contributed by atoms with Crippen molar-refractivity contribution >= 4 is 0 Å². The van der Waals surface area contributed by atoms with Crippen molar-refractivity contribution in [3.05, 3.63) is 0 Å². The van der Waals surface area contributed by atoms with Gasteiger partial charge in [0.25, 0.3) is 0 Å². The predicted molar refractivity (Wildman–Crippen MR) is 17.5 cm³/mol. The molecule has 0 fully saturated rings. The fourth-order valence-corrected chi connectivity index (χ4v) is 0.0510. The minimum absolute atomic E-state index is 1.41. The molecule has 0 aliphatic heterocycles. The molecule has 27 valence electrons. The Hall–Kier alpha value is -0.840. The van der Waals surface area contributed by atoms with Crippen LogP contribution in [0.2, 0.25) is 0 Å². The fraction of sp³-hybridized carbons (Fsp3) is 0.333. The van der Waals surface area contributed by atoms with E-state index in [1.165, 1.54) is 6.11 Å². The molecule has 0 amide bonds. The zero-order valence-corrected chi connectivity index (χ0v) is 2.91. The topological polar surface area (TPSA) is 31.9 Å². The first-order chi connectivity index (χ1) is 2.41. The molecule has 0 unspecified atom stereocenters. The average Bonchev–Trinajstić information content (AvgIpc) is 1.41. The van der Waals surface area contributed by atoms with Crippen LogP contribution in [0.1, 0.15) is 0 Å². The zero-order chi connectivity index (χ0) is 4.12. The van der Waals surface area contributed by atoms with Crippen LogP contribution in [-0.2, 0) is 5.11 Å². The van der Waals surface area contributed by atoms with Gasteiger partial charge in [-0.15, -0.1) is 0 Å². The van der Waals surface area contributed by atoms with Crippen molar-refractivity contribution in [2.45, 2.75) is 0 Å². The SMILES string of the molecule is CNC#C[O]. The second kappa shape index (κ2) is 3.16. The number of hydrogen-bond acceptors (Lipinski definition) is 1. The number of hydrogen-bond donors (Lipinski definition) is 1. The standard InChI is InChI=1S/C3H4NO/c1-4-2-3-5/h4H,1H3. The van der Waals surface area contributed by atoms with E-state index in [-0.39, 0.29) is 0 Å². The highest BCUT2D eigenvalue weighted by Gasteiger charge is 1.46. The van der Waals surface area contributed by atoms with Gasteiger partial charge < -0.3 is 5.32 Å². The maximum absolute atomic E-state index is 9.11. The Morgan fingerprint density at radius 3 is 2.40 bits per heavy atom. The Balaban J connectivity index is 2.81. The maximum Gasteiger partial charge on any atom is 0.195 e. The lowest BCUT2D eigenvalue weighted by Gasteiger charge is -1.65. The van der Waals surface area contributed by atoms with Crippen LogP contribution in [0.25, 0.3) is 0 Å². The summed E-state index contributed by atoms with van der Waals surface area (Å²) in [4.78, 5) is 0. The molecule has 0 heterocycles. The molecule has 5 heavy (non-hydrogen) atoms. The Morgan fingerprint density at radius 2 is 2.40 bits per heavy atom. The summed E-state index contributed by atoms with van der Waals surface area (Å²) in [6.07, 6.45) is 1.41. The summed E-state index contributed by atoms with van der Waals surface area (Å²) in [6, 6.07) is 2.06. The van der Waals surface area contributed by atoms with E-state index in [9.17, 15) is 0 Å². The molecular weight excluding hydrogens is 66.0 g/mol. The molecule has 0 aromatic rings. The quantitative estimate of drug-likeness (QED) is 0.304. The molecule has 0 saturated carbocycles. The van der Waals surface area contributed by atoms with E-state index in [2.05, 4.69) is 11.4 Å². The first-order valence-corrected chi connectivity index (χ1v) is 1.20. The molecule has 0 aliphatic carbocycles. The molecular formula is C3H4NO. The predicted octanol–water partition coefficient (Wildman–Crippen LogP) is -0.445. The van der Waals surface area contributed by atoms with Gasteiger partial charge >= 0.3 is 0 Å². The van der Waals surface area contributed by atoms with E-state index < -0.39 is 0 Å². The smallest absolute Gasteiger partial charge is 0.195 e. The van der Waals surface area contributed by atoms with Gasteiger partial charge in [-0.05, 0) is 0 Å². The Bertz CT molecular complexity index is 59.0. The second-order valence-corrected chi connectivity index (χ2v) is 0.477. The van der Waals surface area contributed by atoms with Crippen molar-refractivity contribution in [3.63, 3.8) is 0 Å². The first-order valence-electron chi connectivity index (χ1n) is 1.20. The third-order valence-corrected chi connectivity index (χ3v) is 0.176. The highest BCUT2D eigenvalue weighted by molar-refractivity contribution is 4.83. The molecule has 0 rings (SSSR count). The molecule has 0 bridgehead atoms. The van der Waals surface area contributed by atoms with Crippen molar-refractivity contribution in [3.8, 4) is 12.2 Å². The minimum Gasteiger partial charge on any atom is -0.346 e. The van der Waals surface area contributed by atoms with Gasteiger partial charge in [0, 0.05) is 7.05 Å². The Labute approximate surface area is 30.8 Å². The molecule has 0 saturated heterocycles. The highest BCUT2D eigenvalue weighted by Crippen LogP contribution is 1.30. The summed E-state index contributed by atoms with van der Waals surface area (Å²) in [5.74, 6) is 0. The zero-order valence-electron chi connectivity index (χ0n) is 2.91. The molecule has 2 heteroatoms. The fourth-order valence-electron chi connectivity index (χ4n) is 0.0510. The van der Waals surface area contributed by atoms with Gasteiger partial charge in [-0.3, -0.25) is 0 Å². The van der Waals surface area contributed by atoms with Gasteiger partial charge in [0.1, 0.15) is 0 Å². The van der Waals surface area contributed by atoms with Gasteiger partial charge in [0.15, 0.2) is 6.11 Å². The lowest BCUT2D eigenvalue weighted by atomic mass is 11.1. The van der Waals surface area contributed by atoms with Crippen LogP contribution in [0.4, 0.5) is 0 Å². The van der Waals surface area contributed by atoms with E-state index in [4.69, 9.17) is 5.11 Å². The van der Waals surface area contributed by atoms with Gasteiger partial charge in [-0.1, -0.05) is 0 Å². The normalized spacial score (nSPS) is 4.20. The summed E-state index contributed by atoms with van der Waals surface area (Å²) < 4.78 is 0. The third-order valence-electron chi connectivity index (χ3n) is 0.176. The van der Waals surface area contributed by atoms with Gasteiger partial charge in [0.2, 0.25) is 0 Å². The van der Waals surface area contributed by atoms with Crippen molar-refractivity contribution in [1.29, 1.82) is 0 Å². The largest absolute Gasteiger partial charge is 0.346 e. The van der Waals surface area contributed by atoms with Crippen molar-refractivity contribution in [1.82, 2.24) is 5.32 Å². The Morgan fingerprint density at radius 1 is 1.80 bits per heavy atom. The second-order valence-electron chi connectivity index (χ2n) is 0.477. The molecule has 0 spiro atoms. The molecule has 2 nitrogen and oxygen atoms in total. The maximum atomic E-state index is 9.11. The lowest BCUT2D eigenvalue weighted by molar-refractivity contribution is 0.390. The molecule has 1 N–H and O–H groups in total. The monoisotopic (exact) mass is 70.0 g/mol. The average molecular weight is 70.1 g/mol. The summed E-state index contributed by atoms with van der Waals surface area (Å²) in [6.45, 7) is 0. The highest BCUT2D eigenvalue weighted by atomic mass is 16.2. The summed E-state index contributed by atoms with van der Waals surface area (Å²) in [7, 11) is 1.59. The van der Waals surface area contributed by atoms with Gasteiger partial charge in [0.05, 0.1) is 6.04 Å². The van der Waals surface area contributed by atoms with Crippen LogP contribution in [0.15, 0.2) is 0 Å². The van der Waals surface area contributed by atoms with Crippen LogP contribution >= 0.6 is 0 Å². The van der Waals surface area contributed by atoms with Crippen LogP contribution < -0.4 is 5.32 Å². The third kappa shape index (κ3) is 3.16. The van der Waals surface area contributed by atoms with E-state index >= 15 is 0 Å². The number of rotatable bonds is 0. The molecule has 0 aromatic heterocycles. The van der Waals surface area contributed by atoms with Crippen LogP contribution in [0.5, 0.6) is 0 Å². The van der Waals surface area contributed by atoms with Crippen molar-refractivity contribution in [2.75, 3.05) is 7.05 Å². The van der Waals surface area contributed by atoms with Gasteiger partial charge in [-0.25, -0.2) is 5.11 Å². The molecule has 0 atom stereocenters. The molecule has 0 aliphatic rings. The molecule has 1 radical (unpaired) electrons. The summed E-state index contributed by atoms with van der Waals surface area (Å²) in [5.41, 5.74) is 0. The Kier molecular flexibility index (Phi) is 2.63. The van der Waals surface area contributed by atoms with Crippen molar-refractivity contribution < 1.29 is 5.11 Å². The molecule has 0 aromatic carbocycles. The van der Waals surface area contributed by atoms with E-state index in [0.29, 0.717) is 0 Å². The van der Waals surface area contributed by atoms with E-state index in [1.807, 2.05) is 0 Å². The summed E-state index contributed by atoms with van der Waals surface area (Å²) >= 11 is 0. The van der Waals surface area contributed by atoms with Crippen LogP contribution in [0.3, 0.4) is 0 Å². The van der Waals surface area contributed by atoms with Crippen LogP contribution in [0, 0.1) is 12.2 Å².